The first-order valence-corrected chi connectivity index (χ1v) is 12.0. The van der Waals surface area contributed by atoms with Crippen LogP contribution in [0.3, 0.4) is 0 Å². The van der Waals surface area contributed by atoms with E-state index >= 15 is 0 Å². The van der Waals surface area contributed by atoms with Crippen molar-refractivity contribution in [2.45, 2.75) is 29.7 Å². The molecule has 2 aromatic heterocycles. The van der Waals surface area contributed by atoms with Crippen molar-refractivity contribution < 1.29 is 4.79 Å². The van der Waals surface area contributed by atoms with E-state index in [1.165, 1.54) is 23.1 Å². The second kappa shape index (κ2) is 8.69. The zero-order valence-corrected chi connectivity index (χ0v) is 18.4. The molecule has 0 radical (unpaired) electrons. The zero-order valence-electron chi connectivity index (χ0n) is 16.8. The van der Waals surface area contributed by atoms with Crippen molar-refractivity contribution in [1.29, 1.82) is 0 Å². The van der Waals surface area contributed by atoms with E-state index in [9.17, 15) is 9.59 Å². The average molecular weight is 448 g/mol. The number of carbonyl (C=O) groups excluding carboxylic acids is 1. The van der Waals surface area contributed by atoms with Crippen LogP contribution in [0.25, 0.3) is 26.3 Å². The largest absolute Gasteiger partial charge is 0.355 e. The molecule has 1 atom stereocenters. The van der Waals surface area contributed by atoms with Crippen molar-refractivity contribution in [3.05, 3.63) is 77.1 Å². The minimum absolute atomic E-state index is 0.0209. The van der Waals surface area contributed by atoms with Crippen LogP contribution < -0.4 is 10.9 Å². The molecule has 1 amide bonds. The van der Waals surface area contributed by atoms with Gasteiger partial charge in [0.2, 0.25) is 5.91 Å². The SMILES string of the molecule is O=C1NCCCCC1Sc1nc2sc(-c3ccccc3)cc2c(=O)n1-c1ccccc1. The van der Waals surface area contributed by atoms with Gasteiger partial charge in [-0.1, -0.05) is 66.7 Å². The number of amides is 1. The normalized spacial score (nSPS) is 16.8. The molecule has 31 heavy (non-hydrogen) atoms. The van der Waals surface area contributed by atoms with Crippen LogP contribution >= 0.6 is 23.1 Å². The third kappa shape index (κ3) is 4.03. The lowest BCUT2D eigenvalue weighted by atomic mass is 10.2. The number of thioether (sulfide) groups is 1. The van der Waals surface area contributed by atoms with Crippen molar-refractivity contribution >= 4 is 39.2 Å². The number of hydrogen-bond donors (Lipinski definition) is 1. The summed E-state index contributed by atoms with van der Waals surface area (Å²) in [5.41, 5.74) is 1.71. The van der Waals surface area contributed by atoms with Crippen molar-refractivity contribution in [1.82, 2.24) is 14.9 Å². The van der Waals surface area contributed by atoms with Crippen molar-refractivity contribution in [3.8, 4) is 16.1 Å². The van der Waals surface area contributed by atoms with E-state index in [1.807, 2.05) is 66.7 Å². The van der Waals surface area contributed by atoms with Gasteiger partial charge in [0.25, 0.3) is 5.56 Å². The number of fused-ring (bicyclic) bond motifs is 1. The van der Waals surface area contributed by atoms with E-state index in [-0.39, 0.29) is 16.7 Å². The van der Waals surface area contributed by atoms with Crippen molar-refractivity contribution in [2.24, 2.45) is 0 Å². The summed E-state index contributed by atoms with van der Waals surface area (Å²) in [6, 6.07) is 21.5. The topological polar surface area (TPSA) is 64.0 Å². The number of hydrogen-bond acceptors (Lipinski definition) is 5. The second-order valence-corrected chi connectivity index (χ2v) is 9.66. The Bertz CT molecular complexity index is 1280. The van der Waals surface area contributed by atoms with Crippen molar-refractivity contribution in [2.75, 3.05) is 6.54 Å². The Morgan fingerprint density at radius 3 is 2.52 bits per heavy atom. The highest BCUT2D eigenvalue weighted by atomic mass is 32.2. The summed E-state index contributed by atoms with van der Waals surface area (Å²) in [5.74, 6) is 0.0209. The van der Waals surface area contributed by atoms with Crippen LogP contribution in [0.4, 0.5) is 0 Å². The van der Waals surface area contributed by atoms with Gasteiger partial charge < -0.3 is 5.32 Å². The first-order chi connectivity index (χ1) is 15.2. The maximum atomic E-state index is 13.6. The van der Waals surface area contributed by atoms with Gasteiger partial charge in [0.1, 0.15) is 4.83 Å². The third-order valence-electron chi connectivity index (χ3n) is 5.34. The number of nitrogens with one attached hydrogen (secondary N) is 1. The fraction of sp³-hybridized carbons (Fsp3) is 0.208. The van der Waals surface area contributed by atoms with E-state index in [0.717, 1.165) is 35.4 Å². The number of para-hydroxylation sites is 1. The molecular weight excluding hydrogens is 426 g/mol. The number of aromatic nitrogens is 2. The molecule has 1 fully saturated rings. The number of benzene rings is 2. The highest BCUT2D eigenvalue weighted by molar-refractivity contribution is 8.00. The average Bonchev–Trinajstić information content (AvgIpc) is 3.13. The minimum atomic E-state index is -0.254. The fourth-order valence-corrected chi connectivity index (χ4v) is 5.99. The number of carbonyl (C=O) groups is 1. The van der Waals surface area contributed by atoms with E-state index in [1.54, 1.807) is 4.57 Å². The van der Waals surface area contributed by atoms with Crippen molar-refractivity contribution in [3.63, 3.8) is 0 Å². The Morgan fingerprint density at radius 2 is 1.74 bits per heavy atom. The summed E-state index contributed by atoms with van der Waals surface area (Å²) in [7, 11) is 0. The maximum absolute atomic E-state index is 13.6. The van der Waals surface area contributed by atoms with Gasteiger partial charge in [-0.25, -0.2) is 4.98 Å². The Labute approximate surface area is 188 Å². The number of rotatable bonds is 4. The van der Waals surface area contributed by atoms with Crippen LogP contribution in [0.2, 0.25) is 0 Å². The van der Waals surface area contributed by atoms with Gasteiger partial charge in [0.05, 0.1) is 16.3 Å². The van der Waals surface area contributed by atoms with Crippen LogP contribution in [0.5, 0.6) is 0 Å². The smallest absolute Gasteiger partial charge is 0.267 e. The lowest BCUT2D eigenvalue weighted by Crippen LogP contribution is -2.31. The molecule has 4 aromatic rings. The Morgan fingerprint density at radius 1 is 1.00 bits per heavy atom. The van der Waals surface area contributed by atoms with E-state index in [4.69, 9.17) is 4.98 Å². The van der Waals surface area contributed by atoms with Gasteiger partial charge in [-0.15, -0.1) is 11.3 Å². The van der Waals surface area contributed by atoms with E-state index in [2.05, 4.69) is 5.32 Å². The van der Waals surface area contributed by atoms with Crippen LogP contribution in [0.15, 0.2) is 76.7 Å². The number of nitrogens with zero attached hydrogens (tertiary/aromatic N) is 2. The van der Waals surface area contributed by atoms with Gasteiger partial charge in [0.15, 0.2) is 5.16 Å². The van der Waals surface area contributed by atoms with Crippen LogP contribution in [0.1, 0.15) is 19.3 Å². The zero-order chi connectivity index (χ0) is 21.2. The summed E-state index contributed by atoms with van der Waals surface area (Å²) in [6.07, 6.45) is 2.73. The second-order valence-electron chi connectivity index (χ2n) is 7.46. The van der Waals surface area contributed by atoms with Gasteiger partial charge in [-0.05, 0) is 36.6 Å². The molecule has 0 aliphatic carbocycles. The first kappa shape index (κ1) is 20.0. The summed E-state index contributed by atoms with van der Waals surface area (Å²) in [6.45, 7) is 0.708. The molecule has 0 spiro atoms. The Balaban J connectivity index is 1.67. The summed E-state index contributed by atoms with van der Waals surface area (Å²) < 4.78 is 1.65. The molecule has 7 heteroatoms. The Hall–Kier alpha value is -2.90. The predicted molar refractivity (Wildman–Crippen MR) is 127 cm³/mol. The molecule has 5 nitrogen and oxygen atoms in total. The first-order valence-electron chi connectivity index (χ1n) is 10.3. The summed E-state index contributed by atoms with van der Waals surface area (Å²) >= 11 is 2.90. The third-order valence-corrected chi connectivity index (χ3v) is 7.64. The van der Waals surface area contributed by atoms with E-state index in [0.29, 0.717) is 21.9 Å². The van der Waals surface area contributed by atoms with E-state index < -0.39 is 0 Å². The van der Waals surface area contributed by atoms with Gasteiger partial charge >= 0.3 is 0 Å². The fourth-order valence-electron chi connectivity index (χ4n) is 3.74. The van der Waals surface area contributed by atoms with Gasteiger partial charge in [-0.3, -0.25) is 14.2 Å². The molecule has 1 aliphatic heterocycles. The lowest BCUT2D eigenvalue weighted by Gasteiger charge is -2.16. The lowest BCUT2D eigenvalue weighted by molar-refractivity contribution is -0.120. The minimum Gasteiger partial charge on any atom is -0.355 e. The molecule has 5 rings (SSSR count). The quantitative estimate of drug-likeness (QED) is 0.453. The number of thiophene rings is 1. The monoisotopic (exact) mass is 447 g/mol. The summed E-state index contributed by atoms with van der Waals surface area (Å²) in [5, 5.41) is 3.89. The molecule has 1 N–H and O–H groups in total. The summed E-state index contributed by atoms with van der Waals surface area (Å²) in [4.78, 5) is 32.8. The Kier molecular flexibility index (Phi) is 5.61. The highest BCUT2D eigenvalue weighted by Gasteiger charge is 2.25. The van der Waals surface area contributed by atoms with Crippen LogP contribution in [-0.2, 0) is 4.79 Å². The highest BCUT2D eigenvalue weighted by Crippen LogP contribution is 2.34. The maximum Gasteiger partial charge on any atom is 0.267 e. The molecular formula is C24H21N3O2S2. The molecule has 1 saturated heterocycles. The molecule has 3 heterocycles. The van der Waals surface area contributed by atoms with Gasteiger partial charge in [0, 0.05) is 11.4 Å². The van der Waals surface area contributed by atoms with Crippen LogP contribution in [0, 0.1) is 0 Å². The standard InChI is InChI=1S/C24H21N3O2S2/c28-21-19(13-7-8-14-25-21)31-24-26-22-18(15-20(30-22)16-9-3-1-4-10-16)23(29)27(24)17-11-5-2-6-12-17/h1-6,9-12,15,19H,7-8,13-14H2,(H,25,28). The predicted octanol–water partition coefficient (Wildman–Crippen LogP) is 4.88. The molecule has 2 aromatic carbocycles. The van der Waals surface area contributed by atoms with Crippen LogP contribution in [-0.4, -0.2) is 27.3 Å². The molecule has 156 valence electrons. The molecule has 1 aliphatic rings. The molecule has 0 bridgehead atoms. The van der Waals surface area contributed by atoms with Gasteiger partial charge in [-0.2, -0.15) is 0 Å². The molecule has 1 unspecified atom stereocenters. The molecule has 0 saturated carbocycles.